The largest absolute Gasteiger partial charge is 0.383 e. The minimum Gasteiger partial charge on any atom is -0.383 e. The lowest BCUT2D eigenvalue weighted by atomic mass is 10.5. The Morgan fingerprint density at radius 3 is 2.69 bits per heavy atom. The molecule has 0 aromatic carbocycles. The van der Waals surface area contributed by atoms with Crippen molar-refractivity contribution in [1.29, 1.82) is 0 Å². The molecule has 0 radical (unpaired) electrons. The number of aromatic nitrogens is 1. The van der Waals surface area contributed by atoms with Crippen molar-refractivity contribution in [3.63, 3.8) is 0 Å². The molecule has 0 amide bonds. The molecule has 0 unspecified atom stereocenters. The van der Waals surface area contributed by atoms with Crippen molar-refractivity contribution < 1.29 is 0 Å². The summed E-state index contributed by atoms with van der Waals surface area (Å²) in [6.45, 7) is 0. The van der Waals surface area contributed by atoms with Crippen LogP contribution in [0.25, 0.3) is 0 Å². The van der Waals surface area contributed by atoms with Crippen LogP contribution in [0.1, 0.15) is 0 Å². The summed E-state index contributed by atoms with van der Waals surface area (Å²) in [5, 5.41) is 4.32. The number of hydrogen-bond donors (Lipinski definition) is 2. The maximum Gasteiger partial charge on any atom is 0.135 e. The fourth-order valence-corrected chi connectivity index (χ4v) is 3.25. The van der Waals surface area contributed by atoms with Crippen LogP contribution < -0.4 is 5.73 Å². The lowest BCUT2D eigenvalue weighted by Crippen LogP contribution is -1.93. The predicted octanol–water partition coefficient (Wildman–Crippen LogP) is 2.83. The van der Waals surface area contributed by atoms with Gasteiger partial charge in [0, 0.05) is 15.6 Å². The third-order valence-electron chi connectivity index (χ3n) is 1.75. The first-order valence-electron chi connectivity index (χ1n) is 3.82. The minimum absolute atomic E-state index is 0.356. The SMILES string of the molecule is Nc1ncc(Br)cc1[SH]1C=CC=C1. The van der Waals surface area contributed by atoms with Gasteiger partial charge in [-0.15, -0.1) is 0 Å². The number of thiol groups is 1. The van der Waals surface area contributed by atoms with Gasteiger partial charge in [-0.3, -0.25) is 0 Å². The fourth-order valence-electron chi connectivity index (χ4n) is 1.14. The number of rotatable bonds is 1. The topological polar surface area (TPSA) is 38.9 Å². The summed E-state index contributed by atoms with van der Waals surface area (Å²) in [7, 11) is -0.356. The van der Waals surface area contributed by atoms with Gasteiger partial charge in [0.2, 0.25) is 0 Å². The van der Waals surface area contributed by atoms with Gasteiger partial charge >= 0.3 is 0 Å². The highest BCUT2D eigenvalue weighted by atomic mass is 79.9. The molecule has 0 saturated carbocycles. The van der Waals surface area contributed by atoms with Gasteiger partial charge in [-0.2, -0.15) is 10.9 Å². The van der Waals surface area contributed by atoms with Crippen LogP contribution in [-0.2, 0) is 0 Å². The zero-order valence-corrected chi connectivity index (χ0v) is 9.29. The lowest BCUT2D eigenvalue weighted by molar-refractivity contribution is 1.23. The quantitative estimate of drug-likeness (QED) is 0.759. The average Bonchev–Trinajstić information content (AvgIpc) is 2.61. The monoisotopic (exact) mass is 256 g/mol. The Morgan fingerprint density at radius 1 is 1.31 bits per heavy atom. The fraction of sp³-hybridized carbons (Fsp3) is 0. The molecule has 2 nitrogen and oxygen atoms in total. The van der Waals surface area contributed by atoms with Crippen LogP contribution in [0.2, 0.25) is 0 Å². The van der Waals surface area contributed by atoms with Crippen LogP contribution in [0.3, 0.4) is 0 Å². The number of pyridine rings is 1. The third-order valence-corrected chi connectivity index (χ3v) is 4.08. The summed E-state index contributed by atoms with van der Waals surface area (Å²) in [4.78, 5) is 5.22. The van der Waals surface area contributed by atoms with Crippen molar-refractivity contribution in [3.8, 4) is 0 Å². The van der Waals surface area contributed by atoms with E-state index in [1.807, 2.05) is 18.2 Å². The van der Waals surface area contributed by atoms with E-state index in [2.05, 4.69) is 31.7 Å². The van der Waals surface area contributed by atoms with Crippen LogP contribution in [-0.4, -0.2) is 4.98 Å². The number of nitrogens with two attached hydrogens (primary N) is 1. The number of anilines is 1. The highest BCUT2D eigenvalue weighted by Crippen LogP contribution is 2.44. The smallest absolute Gasteiger partial charge is 0.135 e. The number of nitrogens with zero attached hydrogens (tertiary/aromatic N) is 1. The Balaban J connectivity index is 2.44. The Bertz CT molecular complexity index is 375. The van der Waals surface area contributed by atoms with Gasteiger partial charge in [0.15, 0.2) is 0 Å². The molecule has 0 spiro atoms. The first-order valence-corrected chi connectivity index (χ1v) is 6.09. The molecular weight excluding hydrogens is 248 g/mol. The van der Waals surface area contributed by atoms with Crippen LogP contribution in [0, 0.1) is 0 Å². The Labute approximate surface area is 88.0 Å². The third kappa shape index (κ3) is 1.78. The van der Waals surface area contributed by atoms with Gasteiger partial charge in [-0.25, -0.2) is 4.98 Å². The van der Waals surface area contributed by atoms with Gasteiger partial charge in [0.1, 0.15) is 5.82 Å². The molecule has 2 N–H and O–H groups in total. The molecular formula is C9H9BrN2S. The lowest BCUT2D eigenvalue weighted by Gasteiger charge is -2.12. The van der Waals surface area contributed by atoms with Crippen molar-refractivity contribution in [2.75, 3.05) is 5.73 Å². The Morgan fingerprint density at radius 2 is 2.00 bits per heavy atom. The van der Waals surface area contributed by atoms with Crippen molar-refractivity contribution in [1.82, 2.24) is 4.98 Å². The second-order valence-corrected chi connectivity index (χ2v) is 5.46. The molecule has 13 heavy (non-hydrogen) atoms. The van der Waals surface area contributed by atoms with Crippen molar-refractivity contribution in [3.05, 3.63) is 39.7 Å². The second-order valence-electron chi connectivity index (χ2n) is 2.65. The number of nitrogen functional groups attached to an aromatic ring is 1. The first kappa shape index (κ1) is 8.84. The minimum atomic E-state index is -0.356. The summed E-state index contributed by atoms with van der Waals surface area (Å²) in [5.74, 6) is 0.630. The van der Waals surface area contributed by atoms with Crippen molar-refractivity contribution in [2.45, 2.75) is 4.90 Å². The molecule has 4 heteroatoms. The number of allylic oxidation sites excluding steroid dienone is 2. The maximum absolute atomic E-state index is 5.79. The number of hydrogen-bond acceptors (Lipinski definition) is 2. The summed E-state index contributed by atoms with van der Waals surface area (Å²) in [5.41, 5.74) is 5.79. The van der Waals surface area contributed by atoms with E-state index in [4.69, 9.17) is 5.73 Å². The van der Waals surface area contributed by atoms with Crippen LogP contribution in [0.15, 0.2) is 44.6 Å². The van der Waals surface area contributed by atoms with E-state index in [1.165, 1.54) is 0 Å². The van der Waals surface area contributed by atoms with Gasteiger partial charge in [-0.1, -0.05) is 12.2 Å². The van der Waals surface area contributed by atoms with E-state index in [-0.39, 0.29) is 10.9 Å². The average molecular weight is 257 g/mol. The molecule has 0 fully saturated rings. The normalized spacial score (nSPS) is 16.8. The molecule has 1 aliphatic rings. The van der Waals surface area contributed by atoms with Gasteiger partial charge in [-0.05, 0) is 32.8 Å². The molecule has 0 saturated heterocycles. The van der Waals surface area contributed by atoms with Gasteiger partial charge in [0.05, 0.1) is 0 Å². The standard InChI is InChI=1S/C9H9BrN2S/c10-7-5-8(9(11)12-6-7)13-3-1-2-4-13/h1-6,13H,(H2,11,12). The zero-order valence-electron chi connectivity index (χ0n) is 6.81. The van der Waals surface area contributed by atoms with E-state index < -0.39 is 0 Å². The molecule has 1 aliphatic heterocycles. The Hall–Kier alpha value is -0.740. The van der Waals surface area contributed by atoms with E-state index >= 15 is 0 Å². The maximum atomic E-state index is 5.79. The van der Waals surface area contributed by atoms with Gasteiger partial charge in [0.25, 0.3) is 0 Å². The van der Waals surface area contributed by atoms with Crippen LogP contribution in [0.4, 0.5) is 5.82 Å². The van der Waals surface area contributed by atoms with Crippen molar-refractivity contribution >= 4 is 32.6 Å². The molecule has 2 heterocycles. The summed E-state index contributed by atoms with van der Waals surface area (Å²) >= 11 is 3.39. The van der Waals surface area contributed by atoms with Gasteiger partial charge < -0.3 is 5.73 Å². The molecule has 0 atom stereocenters. The molecule has 2 rings (SSSR count). The number of halogens is 1. The second kappa shape index (κ2) is 3.55. The van der Waals surface area contributed by atoms with E-state index in [1.54, 1.807) is 6.20 Å². The van der Waals surface area contributed by atoms with E-state index in [0.717, 1.165) is 9.37 Å². The Kier molecular flexibility index (Phi) is 2.42. The van der Waals surface area contributed by atoms with E-state index in [9.17, 15) is 0 Å². The predicted molar refractivity (Wildman–Crippen MR) is 61.9 cm³/mol. The summed E-state index contributed by atoms with van der Waals surface area (Å²) < 4.78 is 0.980. The highest BCUT2D eigenvalue weighted by Gasteiger charge is 2.08. The summed E-state index contributed by atoms with van der Waals surface area (Å²) in [6.07, 6.45) is 5.82. The van der Waals surface area contributed by atoms with Crippen LogP contribution >= 0.6 is 26.8 Å². The summed E-state index contributed by atoms with van der Waals surface area (Å²) in [6, 6.07) is 2.04. The van der Waals surface area contributed by atoms with E-state index in [0.29, 0.717) is 5.82 Å². The highest BCUT2D eigenvalue weighted by molar-refractivity contribution is 9.10. The first-order chi connectivity index (χ1) is 6.27. The van der Waals surface area contributed by atoms with Crippen LogP contribution in [0.5, 0.6) is 0 Å². The molecule has 0 bridgehead atoms. The molecule has 68 valence electrons. The molecule has 1 aromatic rings. The van der Waals surface area contributed by atoms with Crippen molar-refractivity contribution in [2.24, 2.45) is 0 Å². The molecule has 0 aliphatic carbocycles. The molecule has 1 aromatic heterocycles. The zero-order chi connectivity index (χ0) is 9.26.